The van der Waals surface area contributed by atoms with E-state index in [2.05, 4.69) is 0 Å². The van der Waals surface area contributed by atoms with Crippen molar-refractivity contribution in [3.8, 4) is 0 Å². The summed E-state index contributed by atoms with van der Waals surface area (Å²) in [6, 6.07) is -0.270. The van der Waals surface area contributed by atoms with E-state index in [0.717, 1.165) is 13.0 Å². The van der Waals surface area contributed by atoms with Gasteiger partial charge >= 0.3 is 5.97 Å². The lowest BCUT2D eigenvalue weighted by Crippen LogP contribution is -2.63. The number of nitrogens with zero attached hydrogens (tertiary/aromatic N) is 2. The molecule has 3 rings (SSSR count). The quantitative estimate of drug-likeness (QED) is 0.564. The number of hydroxylamine groups is 3. The van der Waals surface area contributed by atoms with Crippen molar-refractivity contribution in [3.05, 3.63) is 11.3 Å². The van der Waals surface area contributed by atoms with Crippen LogP contribution in [0.25, 0.3) is 0 Å². The molecule has 3 aliphatic rings. The van der Waals surface area contributed by atoms with E-state index < -0.39 is 18.0 Å². The molecular weight excluding hydrogens is 288 g/mol. The standard InChI is InChI=1S/C15H22N2O5/c1-7-10(9-5-6-17(3,4)22-9)13(15(20)21)16-12(7)11(8(2)18)14(16)19/h7-9,11-12,18H,5-6H2,1-4H3/p+1/t7-,8+,9-,11+,12+/m0/s1. The Morgan fingerprint density at radius 2 is 2.09 bits per heavy atom. The van der Waals surface area contributed by atoms with Gasteiger partial charge in [0.25, 0.3) is 0 Å². The zero-order valence-corrected chi connectivity index (χ0v) is 13.3. The van der Waals surface area contributed by atoms with E-state index in [1.807, 2.05) is 21.0 Å². The highest BCUT2D eigenvalue weighted by Gasteiger charge is 2.61. The average molecular weight is 311 g/mol. The summed E-state index contributed by atoms with van der Waals surface area (Å²) in [6.45, 7) is 4.30. The van der Waals surface area contributed by atoms with Crippen molar-refractivity contribution >= 4 is 11.9 Å². The van der Waals surface area contributed by atoms with Crippen LogP contribution in [0.15, 0.2) is 11.3 Å². The number of rotatable bonds is 3. The summed E-state index contributed by atoms with van der Waals surface area (Å²) in [6.07, 6.45) is -0.330. The number of carbonyl (C=O) groups is 2. The lowest BCUT2D eigenvalue weighted by Gasteiger charge is -2.46. The number of hydrogen-bond acceptors (Lipinski definition) is 4. The Kier molecular flexibility index (Phi) is 3.36. The first-order valence-corrected chi connectivity index (χ1v) is 7.65. The highest BCUT2D eigenvalue weighted by Crippen LogP contribution is 2.49. The van der Waals surface area contributed by atoms with Crippen molar-refractivity contribution in [3.63, 3.8) is 0 Å². The number of carboxylic acid groups (broad SMARTS) is 1. The molecule has 0 aromatic rings. The average Bonchev–Trinajstić information content (AvgIpc) is 2.85. The van der Waals surface area contributed by atoms with Crippen LogP contribution < -0.4 is 0 Å². The van der Waals surface area contributed by atoms with Crippen molar-refractivity contribution in [1.82, 2.24) is 4.90 Å². The number of carboxylic acids is 1. The number of aliphatic carboxylic acids is 1. The maximum atomic E-state index is 12.3. The van der Waals surface area contributed by atoms with Gasteiger partial charge in [0.1, 0.15) is 18.3 Å². The van der Waals surface area contributed by atoms with Crippen LogP contribution in [0.4, 0.5) is 0 Å². The number of fused-ring (bicyclic) bond motifs is 1. The van der Waals surface area contributed by atoms with Gasteiger partial charge in [0.2, 0.25) is 5.91 Å². The Hall–Kier alpha value is -1.44. The molecule has 2 N–H and O–H groups in total. The molecule has 0 bridgehead atoms. The number of carbonyl (C=O) groups excluding carboxylic acids is 1. The van der Waals surface area contributed by atoms with E-state index in [9.17, 15) is 19.8 Å². The van der Waals surface area contributed by atoms with Gasteiger partial charge < -0.3 is 15.1 Å². The Labute approximate surface area is 129 Å². The van der Waals surface area contributed by atoms with Crippen LogP contribution in [0.5, 0.6) is 0 Å². The number of quaternary nitrogens is 1. The van der Waals surface area contributed by atoms with Gasteiger partial charge in [-0.05, 0) is 6.92 Å². The topological polar surface area (TPSA) is 87.1 Å². The van der Waals surface area contributed by atoms with Gasteiger partial charge in [-0.1, -0.05) is 6.92 Å². The van der Waals surface area contributed by atoms with Crippen LogP contribution in [0.3, 0.4) is 0 Å². The summed E-state index contributed by atoms with van der Waals surface area (Å²) in [5.74, 6) is -2.04. The minimum atomic E-state index is -1.09. The summed E-state index contributed by atoms with van der Waals surface area (Å²) in [7, 11) is 3.86. The van der Waals surface area contributed by atoms with Gasteiger partial charge in [0.15, 0.2) is 0 Å². The Morgan fingerprint density at radius 1 is 1.45 bits per heavy atom. The molecule has 3 heterocycles. The van der Waals surface area contributed by atoms with E-state index in [-0.39, 0.29) is 29.7 Å². The molecule has 0 aliphatic carbocycles. The normalized spacial score (nSPS) is 38.0. The maximum absolute atomic E-state index is 12.3. The van der Waals surface area contributed by atoms with Crippen LogP contribution in [0.2, 0.25) is 0 Å². The minimum absolute atomic E-state index is 0.0614. The molecule has 1 amide bonds. The highest BCUT2D eigenvalue weighted by atomic mass is 16.7. The molecular formula is C15H23N2O5+. The summed E-state index contributed by atoms with van der Waals surface area (Å²) in [5, 5.41) is 19.4. The molecule has 122 valence electrons. The predicted molar refractivity (Wildman–Crippen MR) is 76.1 cm³/mol. The first-order chi connectivity index (χ1) is 10.2. The first kappa shape index (κ1) is 15.5. The number of aliphatic hydroxyl groups is 1. The van der Waals surface area contributed by atoms with Crippen molar-refractivity contribution in [2.75, 3.05) is 20.6 Å². The molecule has 0 aromatic carbocycles. The third-order valence-electron chi connectivity index (χ3n) is 5.12. The third kappa shape index (κ3) is 2.00. The fourth-order valence-electron chi connectivity index (χ4n) is 4.12. The second-order valence-corrected chi connectivity index (χ2v) is 7.04. The molecule has 7 nitrogen and oxygen atoms in total. The Balaban J connectivity index is 1.98. The Morgan fingerprint density at radius 3 is 2.55 bits per heavy atom. The summed E-state index contributed by atoms with van der Waals surface area (Å²) in [5.41, 5.74) is 0.754. The number of aliphatic hydroxyl groups excluding tert-OH is 1. The zero-order chi connectivity index (χ0) is 16.4. The molecule has 0 unspecified atom stereocenters. The third-order valence-corrected chi connectivity index (χ3v) is 5.12. The maximum Gasteiger partial charge on any atom is 0.352 e. The lowest BCUT2D eigenvalue weighted by molar-refractivity contribution is -1.06. The van der Waals surface area contributed by atoms with Crippen LogP contribution in [-0.2, 0) is 14.4 Å². The molecule has 0 spiro atoms. The van der Waals surface area contributed by atoms with Gasteiger partial charge in [0.05, 0.1) is 32.2 Å². The van der Waals surface area contributed by atoms with Crippen LogP contribution in [0.1, 0.15) is 20.3 Å². The van der Waals surface area contributed by atoms with Gasteiger partial charge in [-0.3, -0.25) is 4.79 Å². The summed E-state index contributed by atoms with van der Waals surface area (Å²) < 4.78 is 0.381. The number of β-lactam (4-membered cyclic amide) rings is 1. The van der Waals surface area contributed by atoms with Crippen LogP contribution in [-0.4, -0.2) is 70.5 Å². The highest BCUT2D eigenvalue weighted by molar-refractivity contribution is 6.00. The fourth-order valence-corrected chi connectivity index (χ4v) is 4.12. The number of amides is 1. The molecule has 2 saturated heterocycles. The van der Waals surface area contributed by atoms with Gasteiger partial charge in [-0.15, -0.1) is 0 Å². The minimum Gasteiger partial charge on any atom is -0.477 e. The Bertz CT molecular complexity index is 568. The molecule has 0 saturated carbocycles. The van der Waals surface area contributed by atoms with Crippen molar-refractivity contribution in [2.24, 2.45) is 11.8 Å². The van der Waals surface area contributed by atoms with Crippen molar-refractivity contribution in [1.29, 1.82) is 0 Å². The molecule has 5 atom stereocenters. The van der Waals surface area contributed by atoms with Gasteiger partial charge in [-0.2, -0.15) is 9.48 Å². The fraction of sp³-hybridized carbons (Fsp3) is 0.733. The smallest absolute Gasteiger partial charge is 0.352 e. The van der Waals surface area contributed by atoms with Crippen LogP contribution in [0, 0.1) is 11.8 Å². The molecule has 3 aliphatic heterocycles. The second kappa shape index (κ2) is 4.78. The summed E-state index contributed by atoms with van der Waals surface area (Å²) >= 11 is 0. The molecule has 7 heteroatoms. The molecule has 0 aromatic heterocycles. The van der Waals surface area contributed by atoms with Crippen LogP contribution >= 0.6 is 0 Å². The van der Waals surface area contributed by atoms with E-state index >= 15 is 0 Å². The van der Waals surface area contributed by atoms with Gasteiger partial charge in [0, 0.05) is 17.9 Å². The molecule has 0 radical (unpaired) electrons. The summed E-state index contributed by atoms with van der Waals surface area (Å²) in [4.78, 5) is 31.3. The van der Waals surface area contributed by atoms with E-state index in [4.69, 9.17) is 4.84 Å². The predicted octanol–water partition coefficient (Wildman–Crippen LogP) is -0.0371. The van der Waals surface area contributed by atoms with Gasteiger partial charge in [-0.25, -0.2) is 4.79 Å². The SMILES string of the molecule is C[C@@H](O)[C@H]1C(=O)N2C(C(=O)O)=C([C@@H]3CC[N+](C)(C)O3)[C@H](C)[C@H]12. The largest absolute Gasteiger partial charge is 0.477 e. The monoisotopic (exact) mass is 311 g/mol. The zero-order valence-electron chi connectivity index (χ0n) is 13.3. The van der Waals surface area contributed by atoms with E-state index in [1.165, 1.54) is 4.90 Å². The lowest BCUT2D eigenvalue weighted by atomic mass is 9.77. The second-order valence-electron chi connectivity index (χ2n) is 7.04. The molecule has 2 fully saturated rings. The molecule has 22 heavy (non-hydrogen) atoms. The number of hydrogen-bond donors (Lipinski definition) is 2. The van der Waals surface area contributed by atoms with Crippen molar-refractivity contribution in [2.45, 2.75) is 38.5 Å². The van der Waals surface area contributed by atoms with Crippen molar-refractivity contribution < 1.29 is 29.3 Å². The first-order valence-electron chi connectivity index (χ1n) is 7.65. The van der Waals surface area contributed by atoms with E-state index in [0.29, 0.717) is 10.2 Å². The van der Waals surface area contributed by atoms with E-state index in [1.54, 1.807) is 6.92 Å².